The monoisotopic (exact) mass is 580 g/mol. The van der Waals surface area contributed by atoms with Gasteiger partial charge in [0.25, 0.3) is 11.8 Å². The number of rotatable bonds is 9. The van der Waals surface area contributed by atoms with Crippen LogP contribution in [0.25, 0.3) is 17.0 Å². The van der Waals surface area contributed by atoms with E-state index < -0.39 is 11.8 Å². The lowest BCUT2D eigenvalue weighted by molar-refractivity contribution is -0.114. The Balaban J connectivity index is 1.27. The van der Waals surface area contributed by atoms with Crippen LogP contribution in [-0.2, 0) is 9.59 Å². The summed E-state index contributed by atoms with van der Waals surface area (Å²) in [7, 11) is 0. The highest BCUT2D eigenvalue weighted by Gasteiger charge is 2.16. The molecule has 0 aliphatic rings. The SMILES string of the molecule is O=C(CSc1ccc(NC(=O)/C(=C\c2c[nH]c3ccccc23)NC(=O)c2ccccc2)cc1)Nc1ccccc1Cl. The number of hydrogen-bond donors (Lipinski definition) is 4. The van der Waals surface area contributed by atoms with Crippen molar-refractivity contribution in [3.63, 3.8) is 0 Å². The summed E-state index contributed by atoms with van der Waals surface area (Å²) in [6.45, 7) is 0. The first-order valence-electron chi connectivity index (χ1n) is 12.7. The predicted molar refractivity (Wildman–Crippen MR) is 166 cm³/mol. The number of fused-ring (bicyclic) bond motifs is 1. The van der Waals surface area contributed by atoms with Gasteiger partial charge in [-0.3, -0.25) is 14.4 Å². The lowest BCUT2D eigenvalue weighted by Gasteiger charge is -2.12. The van der Waals surface area contributed by atoms with Gasteiger partial charge in [0.05, 0.1) is 16.5 Å². The highest BCUT2D eigenvalue weighted by molar-refractivity contribution is 8.00. The van der Waals surface area contributed by atoms with Crippen molar-refractivity contribution in [1.29, 1.82) is 0 Å². The van der Waals surface area contributed by atoms with E-state index in [1.165, 1.54) is 11.8 Å². The fourth-order valence-corrected chi connectivity index (χ4v) is 4.92. The molecule has 204 valence electrons. The number of para-hydroxylation sites is 2. The molecule has 0 aliphatic heterocycles. The Kier molecular flexibility index (Phi) is 8.83. The lowest BCUT2D eigenvalue weighted by Crippen LogP contribution is -2.30. The lowest BCUT2D eigenvalue weighted by atomic mass is 10.1. The minimum Gasteiger partial charge on any atom is -0.361 e. The Morgan fingerprint density at radius 1 is 0.805 bits per heavy atom. The van der Waals surface area contributed by atoms with Crippen LogP contribution in [0.5, 0.6) is 0 Å². The smallest absolute Gasteiger partial charge is 0.272 e. The number of aromatic amines is 1. The van der Waals surface area contributed by atoms with E-state index in [2.05, 4.69) is 20.9 Å². The van der Waals surface area contributed by atoms with Crippen molar-refractivity contribution >= 4 is 69.4 Å². The van der Waals surface area contributed by atoms with Crippen LogP contribution in [0, 0.1) is 0 Å². The number of benzene rings is 4. The molecule has 9 heteroatoms. The summed E-state index contributed by atoms with van der Waals surface area (Å²) in [6, 6.07) is 30.6. The van der Waals surface area contributed by atoms with Crippen LogP contribution in [0.1, 0.15) is 15.9 Å². The second-order valence-electron chi connectivity index (χ2n) is 8.96. The van der Waals surface area contributed by atoms with Crippen molar-refractivity contribution < 1.29 is 14.4 Å². The van der Waals surface area contributed by atoms with Gasteiger partial charge in [0.15, 0.2) is 0 Å². The maximum atomic E-state index is 13.4. The van der Waals surface area contributed by atoms with Crippen molar-refractivity contribution in [3.05, 3.63) is 131 Å². The number of carbonyl (C=O) groups is 3. The van der Waals surface area contributed by atoms with Gasteiger partial charge >= 0.3 is 0 Å². The van der Waals surface area contributed by atoms with Gasteiger partial charge in [-0.05, 0) is 60.7 Å². The van der Waals surface area contributed by atoms with E-state index in [1.54, 1.807) is 72.9 Å². The molecule has 3 amide bonds. The third-order valence-corrected chi connectivity index (χ3v) is 7.42. The first kappa shape index (κ1) is 27.8. The zero-order valence-corrected chi connectivity index (χ0v) is 23.3. The molecule has 0 saturated carbocycles. The highest BCUT2D eigenvalue weighted by Crippen LogP contribution is 2.24. The van der Waals surface area contributed by atoms with Crippen LogP contribution < -0.4 is 16.0 Å². The fourth-order valence-electron chi connectivity index (χ4n) is 4.04. The van der Waals surface area contributed by atoms with E-state index in [0.717, 1.165) is 21.4 Å². The molecular formula is C32H25ClN4O3S. The molecule has 7 nitrogen and oxygen atoms in total. The second kappa shape index (κ2) is 13.0. The van der Waals surface area contributed by atoms with E-state index in [9.17, 15) is 14.4 Å². The summed E-state index contributed by atoms with van der Waals surface area (Å²) < 4.78 is 0. The van der Waals surface area contributed by atoms with E-state index in [0.29, 0.717) is 22.0 Å². The molecule has 0 aliphatic carbocycles. The van der Waals surface area contributed by atoms with E-state index >= 15 is 0 Å². The first-order valence-corrected chi connectivity index (χ1v) is 14.1. The summed E-state index contributed by atoms with van der Waals surface area (Å²) in [5, 5.41) is 9.81. The summed E-state index contributed by atoms with van der Waals surface area (Å²) in [6.07, 6.45) is 3.44. The number of H-pyrrole nitrogens is 1. The van der Waals surface area contributed by atoms with Crippen molar-refractivity contribution in [2.24, 2.45) is 0 Å². The molecule has 0 atom stereocenters. The Hall–Kier alpha value is -4.79. The predicted octanol–water partition coefficient (Wildman–Crippen LogP) is 6.96. The molecule has 1 aromatic heterocycles. The average molecular weight is 581 g/mol. The van der Waals surface area contributed by atoms with Gasteiger partial charge in [-0.15, -0.1) is 11.8 Å². The van der Waals surface area contributed by atoms with Gasteiger partial charge in [-0.2, -0.15) is 0 Å². The van der Waals surface area contributed by atoms with Crippen molar-refractivity contribution in [2.75, 3.05) is 16.4 Å². The molecule has 0 unspecified atom stereocenters. The number of thioether (sulfide) groups is 1. The van der Waals surface area contributed by atoms with Crippen molar-refractivity contribution in [3.8, 4) is 0 Å². The van der Waals surface area contributed by atoms with Gasteiger partial charge in [0.1, 0.15) is 5.70 Å². The van der Waals surface area contributed by atoms with Crippen LogP contribution in [0.15, 0.2) is 120 Å². The third-order valence-electron chi connectivity index (χ3n) is 6.08. The number of hydrogen-bond acceptors (Lipinski definition) is 4. The van der Waals surface area contributed by atoms with Crippen LogP contribution in [0.3, 0.4) is 0 Å². The zero-order chi connectivity index (χ0) is 28.6. The molecule has 1 heterocycles. The number of nitrogens with one attached hydrogen (secondary N) is 4. The normalized spacial score (nSPS) is 11.2. The molecule has 5 aromatic rings. The minimum absolute atomic E-state index is 0.0956. The van der Waals surface area contributed by atoms with Gasteiger partial charge < -0.3 is 20.9 Å². The third kappa shape index (κ3) is 7.25. The van der Waals surface area contributed by atoms with Crippen LogP contribution in [0.4, 0.5) is 11.4 Å². The molecule has 4 N–H and O–H groups in total. The minimum atomic E-state index is -0.473. The van der Waals surface area contributed by atoms with E-state index in [4.69, 9.17) is 11.6 Å². The second-order valence-corrected chi connectivity index (χ2v) is 10.4. The fraction of sp³-hybridized carbons (Fsp3) is 0.0312. The summed E-state index contributed by atoms with van der Waals surface area (Å²) >= 11 is 7.46. The zero-order valence-electron chi connectivity index (χ0n) is 21.7. The Morgan fingerprint density at radius 3 is 2.29 bits per heavy atom. The maximum absolute atomic E-state index is 13.4. The maximum Gasteiger partial charge on any atom is 0.272 e. The van der Waals surface area contributed by atoms with Crippen LogP contribution in [-0.4, -0.2) is 28.5 Å². The Labute approximate surface area is 246 Å². The molecule has 0 spiro atoms. The number of amides is 3. The topological polar surface area (TPSA) is 103 Å². The summed E-state index contributed by atoms with van der Waals surface area (Å²) in [4.78, 5) is 42.7. The molecule has 5 rings (SSSR count). The number of aromatic nitrogens is 1. The number of halogens is 1. The molecule has 0 radical (unpaired) electrons. The van der Waals surface area contributed by atoms with E-state index in [1.807, 2.05) is 42.5 Å². The van der Waals surface area contributed by atoms with Gasteiger partial charge in [0, 0.05) is 38.8 Å². The molecule has 0 saturated heterocycles. The average Bonchev–Trinajstić information content (AvgIpc) is 3.40. The Morgan fingerprint density at radius 2 is 1.51 bits per heavy atom. The Bertz CT molecular complexity index is 1730. The largest absolute Gasteiger partial charge is 0.361 e. The van der Waals surface area contributed by atoms with Crippen LogP contribution in [0.2, 0.25) is 5.02 Å². The van der Waals surface area contributed by atoms with Crippen molar-refractivity contribution in [1.82, 2.24) is 10.3 Å². The quantitative estimate of drug-likeness (QED) is 0.112. The van der Waals surface area contributed by atoms with E-state index in [-0.39, 0.29) is 17.4 Å². The van der Waals surface area contributed by atoms with Crippen molar-refractivity contribution in [2.45, 2.75) is 4.90 Å². The highest BCUT2D eigenvalue weighted by atomic mass is 35.5. The molecule has 41 heavy (non-hydrogen) atoms. The molecule has 0 fully saturated rings. The summed E-state index contributed by atoms with van der Waals surface area (Å²) in [5.74, 6) is -0.852. The first-order chi connectivity index (χ1) is 20.0. The standard InChI is InChI=1S/C32H25ClN4O3S/c33-26-11-5-7-13-28(26)36-30(38)20-41-24-16-14-23(15-17-24)35-32(40)29(37-31(39)21-8-2-1-3-9-21)18-22-19-34-27-12-6-4-10-25(22)27/h1-19,34H,20H2,(H,35,40)(H,36,38)(H,37,39)/b29-18+. The van der Waals surface area contributed by atoms with Gasteiger partial charge in [0.2, 0.25) is 5.91 Å². The van der Waals surface area contributed by atoms with Gasteiger partial charge in [-0.1, -0.05) is 60.1 Å². The number of anilines is 2. The molecular weight excluding hydrogens is 556 g/mol. The number of carbonyl (C=O) groups excluding carboxylic acids is 3. The van der Waals surface area contributed by atoms with Crippen LogP contribution >= 0.6 is 23.4 Å². The molecule has 0 bridgehead atoms. The van der Waals surface area contributed by atoms with Gasteiger partial charge in [-0.25, -0.2) is 0 Å². The summed E-state index contributed by atoms with van der Waals surface area (Å²) in [5.41, 5.74) is 3.32. The molecule has 4 aromatic carbocycles.